The molecule has 0 bridgehead atoms. The fraction of sp³-hybridized carbons (Fsp3) is 1.00. The first-order chi connectivity index (χ1) is 12.0. The van der Waals surface area contributed by atoms with Crippen LogP contribution in [0.25, 0.3) is 0 Å². The van der Waals surface area contributed by atoms with E-state index >= 15 is 0 Å². The maximum absolute atomic E-state index is 13.4. The minimum atomic E-state index is -8.61. The molecule has 176 valence electrons. The minimum Gasteiger partial charge on any atom is -0.203 e. The number of rotatable bonds is 7. The summed E-state index contributed by atoms with van der Waals surface area (Å²) in [5.74, 6) is -49.8. The Balaban J connectivity index is 6.82. The van der Waals surface area contributed by atoms with Crippen LogP contribution in [-0.2, 0) is 0 Å². The molecule has 0 aliphatic carbocycles. The molecule has 0 rings (SSSR count). The molecule has 0 N–H and O–H groups in total. The van der Waals surface area contributed by atoms with Crippen LogP contribution >= 0.6 is 11.1 Å². The lowest BCUT2D eigenvalue weighted by molar-refractivity contribution is -0.458. The average molecular weight is 513 g/mol. The van der Waals surface area contributed by atoms with Crippen LogP contribution in [0.4, 0.5) is 74.6 Å². The van der Waals surface area contributed by atoms with Gasteiger partial charge in [0.2, 0.25) is 7.38 Å². The highest BCUT2D eigenvalue weighted by atomic mass is 35.6. The molecule has 19 heteroatoms. The van der Waals surface area contributed by atoms with Gasteiger partial charge in [0.1, 0.15) is 0 Å². The molecule has 0 aromatic heterocycles. The van der Waals surface area contributed by atoms with Crippen molar-refractivity contribution in [1.82, 2.24) is 0 Å². The molecule has 0 spiro atoms. The van der Waals surface area contributed by atoms with Gasteiger partial charge in [-0.05, 0) is 0 Å². The Bertz CT molecular complexity index is 561. The Hall–Kier alpha value is -0.683. The zero-order valence-electron chi connectivity index (χ0n) is 13.3. The van der Waals surface area contributed by atoms with Gasteiger partial charge in [-0.25, -0.2) is 8.78 Å². The third-order valence-electron chi connectivity index (χ3n) is 3.47. The molecular weight excluding hydrogens is 507 g/mol. The van der Waals surface area contributed by atoms with Crippen molar-refractivity contribution in [2.24, 2.45) is 0 Å². The van der Waals surface area contributed by atoms with Crippen LogP contribution in [0.3, 0.4) is 0 Å². The molecule has 0 aliphatic rings. The maximum atomic E-state index is 13.4. The highest BCUT2D eigenvalue weighted by molar-refractivity contribution is 7.20. The van der Waals surface area contributed by atoms with Crippen LogP contribution in [-0.4, -0.2) is 54.6 Å². The van der Waals surface area contributed by atoms with E-state index in [1.807, 2.05) is 0 Å². The maximum Gasteiger partial charge on any atom is 0.460 e. The Labute approximate surface area is 154 Å². The molecule has 0 heterocycles. The van der Waals surface area contributed by atoms with Gasteiger partial charge in [-0.3, -0.25) is 0 Å². The second-order valence-corrected chi connectivity index (χ2v) is 12.4. The first kappa shape index (κ1) is 28.3. The van der Waals surface area contributed by atoms with Crippen molar-refractivity contribution in [3.05, 3.63) is 0 Å². The molecule has 0 radical (unpaired) electrons. The van der Waals surface area contributed by atoms with E-state index in [4.69, 9.17) is 11.1 Å². The molecule has 0 unspecified atom stereocenters. The van der Waals surface area contributed by atoms with E-state index in [1.165, 1.54) is 0 Å². The zero-order valence-corrected chi connectivity index (χ0v) is 15.1. The van der Waals surface area contributed by atoms with Crippen LogP contribution in [0.5, 0.6) is 0 Å². The van der Waals surface area contributed by atoms with Gasteiger partial charge in [0.05, 0.1) is 0 Å². The Morgan fingerprint density at radius 3 is 0.828 bits per heavy atom. The van der Waals surface area contributed by atoms with Crippen molar-refractivity contribution in [1.29, 1.82) is 0 Å². The molecule has 0 aromatic rings. The highest BCUT2D eigenvalue weighted by Gasteiger charge is 2.95. The first-order valence-electron chi connectivity index (χ1n) is 6.40. The molecule has 29 heavy (non-hydrogen) atoms. The van der Waals surface area contributed by atoms with Crippen LogP contribution in [0.15, 0.2) is 0 Å². The van der Waals surface area contributed by atoms with Crippen molar-refractivity contribution in [2.75, 3.05) is 0 Å². The predicted molar refractivity (Wildman–Crippen MR) is 64.0 cm³/mol. The second kappa shape index (κ2) is 6.66. The molecular formula is C10H6ClF17Si. The Kier molecular flexibility index (Phi) is 6.50. The summed E-state index contributed by atoms with van der Waals surface area (Å²) in [5, 5.41) is 0. The number of alkyl halides is 17. The van der Waals surface area contributed by atoms with E-state index in [9.17, 15) is 74.6 Å². The van der Waals surface area contributed by atoms with E-state index in [0.717, 1.165) is 0 Å². The largest absolute Gasteiger partial charge is 0.460 e. The fourth-order valence-corrected chi connectivity index (χ4v) is 2.80. The average Bonchev–Trinajstić information content (AvgIpc) is 2.43. The minimum absolute atomic E-state index is 0.0960. The first-order valence-corrected chi connectivity index (χ1v) is 10.4. The topological polar surface area (TPSA) is 0 Å². The summed E-state index contributed by atoms with van der Waals surface area (Å²) in [7, 11) is -5.57. The monoisotopic (exact) mass is 512 g/mol. The molecule has 0 fully saturated rings. The van der Waals surface area contributed by atoms with Crippen LogP contribution in [0, 0.1) is 0 Å². The molecule has 0 atom stereocenters. The standard InChI is InChI=1S/C10H6ClF17Si/c1-29(2,11)10(27,28)8(22,23)6(18,19)4(14,15)3(12,13)5(16,17)7(20,21)9(24,25)26/h1-2H3. The predicted octanol–water partition coefficient (Wildman–Crippen LogP) is 6.98. The smallest absolute Gasteiger partial charge is 0.203 e. The lowest BCUT2D eigenvalue weighted by Gasteiger charge is -2.44. The second-order valence-electron chi connectivity index (χ2n) is 5.99. The SMILES string of the molecule is C[Si](C)(Cl)C(F)(F)C(F)(F)C(F)(F)C(F)(F)C(F)(F)C(F)(F)C(F)(F)C(F)(F)F. The summed E-state index contributed by atoms with van der Waals surface area (Å²) in [5.41, 5.74) is -6.47. The number of halogens is 18. The van der Waals surface area contributed by atoms with Gasteiger partial charge in [-0.2, -0.15) is 76.9 Å². The van der Waals surface area contributed by atoms with Crippen molar-refractivity contribution in [3.63, 3.8) is 0 Å². The zero-order chi connectivity index (χ0) is 24.5. The van der Waals surface area contributed by atoms with Gasteiger partial charge in [-0.15, -0.1) is 0 Å². The summed E-state index contributed by atoms with van der Waals surface area (Å²) >= 11 is 4.73. The molecule has 0 saturated heterocycles. The lowest BCUT2D eigenvalue weighted by atomic mass is 9.91. The fourth-order valence-electron chi connectivity index (χ4n) is 1.54. The van der Waals surface area contributed by atoms with Crippen LogP contribution in [0.1, 0.15) is 0 Å². The summed E-state index contributed by atoms with van der Waals surface area (Å²) in [6, 6.07) is 0. The highest BCUT2D eigenvalue weighted by Crippen LogP contribution is 2.64. The quantitative estimate of drug-likeness (QED) is 0.196. The van der Waals surface area contributed by atoms with Crippen molar-refractivity contribution >= 4 is 18.5 Å². The van der Waals surface area contributed by atoms with E-state index in [-0.39, 0.29) is 13.1 Å². The Morgan fingerprint density at radius 1 is 0.414 bits per heavy atom. The number of hydrogen-bond acceptors (Lipinski definition) is 0. The van der Waals surface area contributed by atoms with Crippen molar-refractivity contribution in [2.45, 2.75) is 60.4 Å². The van der Waals surface area contributed by atoms with E-state index in [0.29, 0.717) is 0 Å². The molecule has 0 saturated carbocycles. The van der Waals surface area contributed by atoms with E-state index < -0.39 is 54.6 Å². The molecule has 0 nitrogen and oxygen atoms in total. The third kappa shape index (κ3) is 3.44. The van der Waals surface area contributed by atoms with Gasteiger partial charge >= 0.3 is 47.3 Å². The Morgan fingerprint density at radius 2 is 0.621 bits per heavy atom. The lowest BCUT2D eigenvalue weighted by Crippen LogP contribution is -2.76. The normalized spacial score (nSPS) is 17.0. The van der Waals surface area contributed by atoms with E-state index in [2.05, 4.69) is 0 Å². The molecule has 0 aliphatic heterocycles. The van der Waals surface area contributed by atoms with Gasteiger partial charge in [0.25, 0.3) is 0 Å². The third-order valence-corrected chi connectivity index (χ3v) is 5.99. The summed E-state index contributed by atoms with van der Waals surface area (Å²) < 4.78 is 220. The van der Waals surface area contributed by atoms with Gasteiger partial charge in [-0.1, -0.05) is 13.1 Å². The van der Waals surface area contributed by atoms with Gasteiger partial charge in [0, 0.05) is 0 Å². The van der Waals surface area contributed by atoms with E-state index in [1.54, 1.807) is 0 Å². The van der Waals surface area contributed by atoms with Gasteiger partial charge in [0.15, 0.2) is 0 Å². The van der Waals surface area contributed by atoms with Gasteiger partial charge < -0.3 is 0 Å². The van der Waals surface area contributed by atoms with Crippen molar-refractivity contribution in [3.8, 4) is 0 Å². The summed E-state index contributed by atoms with van der Waals surface area (Å²) in [4.78, 5) is 0. The summed E-state index contributed by atoms with van der Waals surface area (Å²) in [6.07, 6.45) is -7.76. The van der Waals surface area contributed by atoms with Crippen molar-refractivity contribution < 1.29 is 74.6 Å². The van der Waals surface area contributed by atoms with Crippen LogP contribution < -0.4 is 0 Å². The molecule has 0 amide bonds. The van der Waals surface area contributed by atoms with Crippen LogP contribution in [0.2, 0.25) is 13.1 Å². The number of hydrogen-bond donors (Lipinski definition) is 0. The molecule has 0 aromatic carbocycles. The summed E-state index contributed by atoms with van der Waals surface area (Å²) in [6.45, 7) is -0.192.